The van der Waals surface area contributed by atoms with Crippen LogP contribution < -0.4 is 15.8 Å². The summed E-state index contributed by atoms with van der Waals surface area (Å²) in [5.74, 6) is 0. The van der Waals surface area contributed by atoms with Gasteiger partial charge in [0, 0.05) is 42.9 Å². The Morgan fingerprint density at radius 1 is 1.16 bits per heavy atom. The van der Waals surface area contributed by atoms with Crippen LogP contribution in [-0.2, 0) is 11.3 Å². The average molecular weight is 444 g/mol. The molecule has 0 saturated carbocycles. The minimum Gasteiger partial charge on any atom is -0.483 e. The molecule has 0 amide bonds. The van der Waals surface area contributed by atoms with Crippen LogP contribution in [0.25, 0.3) is 10.8 Å². The van der Waals surface area contributed by atoms with Gasteiger partial charge in [-0.3, -0.25) is 9.59 Å². The lowest BCUT2D eigenvalue weighted by Crippen LogP contribution is -2.28. The maximum Gasteiger partial charge on any atom is 0.290 e. The van der Waals surface area contributed by atoms with Gasteiger partial charge in [-0.05, 0) is 55.9 Å². The number of benzene rings is 2. The number of aromatic amines is 1. The van der Waals surface area contributed by atoms with Gasteiger partial charge in [0.1, 0.15) is 0 Å². The van der Waals surface area contributed by atoms with Crippen LogP contribution in [0.1, 0.15) is 12.0 Å². The van der Waals surface area contributed by atoms with Crippen LogP contribution in [0.5, 0.6) is 0 Å². The zero-order chi connectivity index (χ0) is 22.2. The Bertz CT molecular complexity index is 1090. The zero-order valence-electron chi connectivity index (χ0n) is 17.3. The average Bonchev–Trinajstić information content (AvgIpc) is 3.00. The van der Waals surface area contributed by atoms with E-state index in [0.29, 0.717) is 22.5 Å². The molecule has 3 N–H and O–H groups in total. The van der Waals surface area contributed by atoms with Gasteiger partial charge in [0.05, 0.1) is 5.39 Å². The number of anilines is 2. The highest BCUT2D eigenvalue weighted by Crippen LogP contribution is 2.23. The van der Waals surface area contributed by atoms with E-state index in [1.165, 1.54) is 17.7 Å². The highest BCUT2D eigenvalue weighted by molar-refractivity contribution is 6.34. The molecule has 0 radical (unpaired) electrons. The van der Waals surface area contributed by atoms with Gasteiger partial charge in [0.2, 0.25) is 0 Å². The first-order valence-electron chi connectivity index (χ1n) is 10.0. The summed E-state index contributed by atoms with van der Waals surface area (Å²) in [5, 5.41) is 18.0. The maximum absolute atomic E-state index is 11.8. The highest BCUT2D eigenvalue weighted by atomic mass is 35.5. The lowest BCUT2D eigenvalue weighted by molar-refractivity contribution is -0.122. The van der Waals surface area contributed by atoms with Gasteiger partial charge in [0.15, 0.2) is 5.15 Å². The minimum atomic E-state index is -0.250. The topological polar surface area (TPSA) is 102 Å². The third kappa shape index (κ3) is 5.96. The minimum absolute atomic E-state index is 0.234. The van der Waals surface area contributed by atoms with Crippen LogP contribution in [0.2, 0.25) is 5.15 Å². The number of aromatic nitrogens is 2. The van der Waals surface area contributed by atoms with Crippen molar-refractivity contribution in [2.75, 3.05) is 43.4 Å². The number of hydrogen-bond donors (Lipinski definition) is 3. The third-order valence-corrected chi connectivity index (χ3v) is 5.52. The molecule has 9 heteroatoms. The molecule has 0 spiro atoms. The number of nitrogens with one attached hydrogen (secondary N) is 2. The maximum atomic E-state index is 11.8. The number of hydrogen-bond acceptors (Lipinski definition) is 6. The quantitative estimate of drug-likeness (QED) is 0.532. The molecule has 2 aromatic carbocycles. The second kappa shape index (κ2) is 10.8. The Labute approximate surface area is 185 Å². The van der Waals surface area contributed by atoms with Crippen molar-refractivity contribution in [3.63, 3.8) is 0 Å². The van der Waals surface area contributed by atoms with Crippen LogP contribution in [0.15, 0.2) is 47.3 Å². The molecule has 2 heterocycles. The van der Waals surface area contributed by atoms with Gasteiger partial charge in [0.25, 0.3) is 12.0 Å². The molecular formula is C22H26ClN5O3. The molecule has 164 valence electrons. The largest absolute Gasteiger partial charge is 0.483 e. The fourth-order valence-corrected chi connectivity index (χ4v) is 3.81. The Hall–Kier alpha value is -3.10. The lowest BCUT2D eigenvalue weighted by Gasteiger charge is -2.23. The number of carbonyl (C=O) groups is 1. The van der Waals surface area contributed by atoms with E-state index in [9.17, 15) is 4.79 Å². The number of fused-ring (bicyclic) bond motifs is 1. The van der Waals surface area contributed by atoms with Gasteiger partial charge in [-0.2, -0.15) is 5.10 Å². The van der Waals surface area contributed by atoms with Crippen molar-refractivity contribution in [3.05, 3.63) is 63.5 Å². The van der Waals surface area contributed by atoms with Gasteiger partial charge in [-0.25, -0.2) is 5.10 Å². The standard InChI is InChI=1S/C21H24ClN5O.CH2O2/c1-26-8-3-9-27(11-10-26)17-5-2-4-15(12-17)14-23-16-6-7-18-19(13-16)20(22)24-25-21(18)28;2-1-3/h2,4-7,12-13,23H,3,8-11,14H2,1H3,(H,25,28);1H,(H,2,3). The fourth-order valence-electron chi connectivity index (χ4n) is 3.62. The molecule has 0 aliphatic carbocycles. The summed E-state index contributed by atoms with van der Waals surface area (Å²) in [5.41, 5.74) is 3.16. The van der Waals surface area contributed by atoms with Crippen molar-refractivity contribution in [2.45, 2.75) is 13.0 Å². The van der Waals surface area contributed by atoms with Crippen molar-refractivity contribution in [3.8, 4) is 0 Å². The van der Waals surface area contributed by atoms with E-state index in [1.807, 2.05) is 12.1 Å². The number of H-pyrrole nitrogens is 1. The number of carboxylic acid groups (broad SMARTS) is 1. The monoisotopic (exact) mass is 443 g/mol. The second-order valence-corrected chi connectivity index (χ2v) is 7.73. The normalized spacial score (nSPS) is 14.5. The molecule has 1 aromatic heterocycles. The molecule has 0 bridgehead atoms. The predicted octanol–water partition coefficient (Wildman–Crippen LogP) is 3.03. The van der Waals surface area contributed by atoms with E-state index in [2.05, 4.69) is 56.6 Å². The van der Waals surface area contributed by atoms with Crippen LogP contribution in [0.4, 0.5) is 11.4 Å². The smallest absolute Gasteiger partial charge is 0.290 e. The molecule has 0 unspecified atom stereocenters. The Morgan fingerprint density at radius 2 is 1.97 bits per heavy atom. The first kappa shape index (κ1) is 22.6. The van der Waals surface area contributed by atoms with Gasteiger partial charge >= 0.3 is 0 Å². The summed E-state index contributed by atoms with van der Waals surface area (Å²) in [7, 11) is 2.18. The molecule has 8 nitrogen and oxygen atoms in total. The van der Waals surface area contributed by atoms with Gasteiger partial charge < -0.3 is 20.2 Å². The van der Waals surface area contributed by atoms with Gasteiger partial charge in [-0.1, -0.05) is 23.7 Å². The van der Waals surface area contributed by atoms with Crippen LogP contribution in [-0.4, -0.2) is 59.9 Å². The summed E-state index contributed by atoms with van der Waals surface area (Å²) < 4.78 is 0. The third-order valence-electron chi connectivity index (χ3n) is 5.23. The Morgan fingerprint density at radius 3 is 2.77 bits per heavy atom. The lowest BCUT2D eigenvalue weighted by atomic mass is 10.1. The summed E-state index contributed by atoms with van der Waals surface area (Å²) in [4.78, 5) is 25.1. The molecule has 4 rings (SSSR count). The van der Waals surface area contributed by atoms with Crippen molar-refractivity contribution in [1.29, 1.82) is 0 Å². The first-order valence-corrected chi connectivity index (χ1v) is 10.4. The van der Waals surface area contributed by atoms with Crippen LogP contribution >= 0.6 is 11.6 Å². The summed E-state index contributed by atoms with van der Waals surface area (Å²) in [6, 6.07) is 14.2. The molecule has 1 fully saturated rings. The molecule has 0 atom stereocenters. The first-order chi connectivity index (χ1) is 15.0. The van der Waals surface area contributed by atoms with E-state index in [4.69, 9.17) is 21.5 Å². The zero-order valence-corrected chi connectivity index (χ0v) is 18.1. The van der Waals surface area contributed by atoms with E-state index in [0.717, 1.165) is 31.9 Å². The molecule has 1 aliphatic heterocycles. The van der Waals surface area contributed by atoms with E-state index in [1.54, 1.807) is 6.07 Å². The molecule has 31 heavy (non-hydrogen) atoms. The van der Waals surface area contributed by atoms with E-state index in [-0.39, 0.29) is 12.0 Å². The molecular weight excluding hydrogens is 418 g/mol. The number of rotatable bonds is 4. The summed E-state index contributed by atoms with van der Waals surface area (Å²) >= 11 is 6.13. The molecule has 3 aromatic rings. The Kier molecular flexibility index (Phi) is 7.86. The van der Waals surface area contributed by atoms with Crippen molar-refractivity contribution in [1.82, 2.24) is 15.1 Å². The fraction of sp³-hybridized carbons (Fsp3) is 0.318. The molecule has 1 saturated heterocycles. The number of nitrogens with zero attached hydrogens (tertiary/aromatic N) is 3. The number of likely N-dealkylation sites (N-methyl/N-ethyl adjacent to an activating group) is 1. The Balaban J connectivity index is 0.000000858. The number of halogens is 1. The second-order valence-electron chi connectivity index (χ2n) is 7.38. The SMILES string of the molecule is CN1CCCN(c2cccc(CNc3ccc4c(=O)[nH]nc(Cl)c4c3)c2)CC1.O=CO. The van der Waals surface area contributed by atoms with E-state index >= 15 is 0 Å². The van der Waals surface area contributed by atoms with Crippen molar-refractivity contribution >= 4 is 40.2 Å². The highest BCUT2D eigenvalue weighted by Gasteiger charge is 2.13. The van der Waals surface area contributed by atoms with Gasteiger partial charge in [-0.15, -0.1) is 0 Å². The van der Waals surface area contributed by atoms with E-state index < -0.39 is 0 Å². The van der Waals surface area contributed by atoms with Crippen LogP contribution in [0, 0.1) is 0 Å². The van der Waals surface area contributed by atoms with Crippen molar-refractivity contribution < 1.29 is 9.90 Å². The predicted molar refractivity (Wildman–Crippen MR) is 124 cm³/mol. The van der Waals surface area contributed by atoms with Crippen LogP contribution in [0.3, 0.4) is 0 Å². The summed E-state index contributed by atoms with van der Waals surface area (Å²) in [6.45, 7) is 4.83. The van der Waals surface area contributed by atoms with Crippen molar-refractivity contribution in [2.24, 2.45) is 0 Å². The summed E-state index contributed by atoms with van der Waals surface area (Å²) in [6.07, 6.45) is 1.18. The molecule has 1 aliphatic rings.